The van der Waals surface area contributed by atoms with Gasteiger partial charge < -0.3 is 0 Å². The molecule has 78 valence electrons. The van der Waals surface area contributed by atoms with Crippen LogP contribution in [-0.2, 0) is 0 Å². The second-order valence-corrected chi connectivity index (χ2v) is 5.36. The van der Waals surface area contributed by atoms with E-state index in [9.17, 15) is 0 Å². The average molecular weight is 330 g/mol. The SMILES string of the molecule is CC(C)c1nc(Br)c2cc(Br)ccc2n1. The van der Waals surface area contributed by atoms with E-state index in [0.717, 1.165) is 25.8 Å². The molecule has 0 saturated carbocycles. The molecule has 0 N–H and O–H groups in total. The third-order valence-corrected chi connectivity index (χ3v) is 3.24. The van der Waals surface area contributed by atoms with Crippen molar-refractivity contribution in [1.29, 1.82) is 0 Å². The van der Waals surface area contributed by atoms with Crippen LogP contribution < -0.4 is 0 Å². The van der Waals surface area contributed by atoms with Gasteiger partial charge in [-0.05, 0) is 34.1 Å². The van der Waals surface area contributed by atoms with E-state index in [1.807, 2.05) is 18.2 Å². The van der Waals surface area contributed by atoms with Crippen molar-refractivity contribution in [3.05, 3.63) is 33.1 Å². The van der Waals surface area contributed by atoms with Crippen molar-refractivity contribution in [3.8, 4) is 0 Å². The zero-order chi connectivity index (χ0) is 11.0. The fourth-order valence-corrected chi connectivity index (χ4v) is 2.20. The van der Waals surface area contributed by atoms with Crippen LogP contribution in [0.25, 0.3) is 10.9 Å². The van der Waals surface area contributed by atoms with E-state index in [4.69, 9.17) is 0 Å². The van der Waals surface area contributed by atoms with Crippen LogP contribution in [0.1, 0.15) is 25.6 Å². The predicted octanol–water partition coefficient (Wildman–Crippen LogP) is 4.28. The summed E-state index contributed by atoms with van der Waals surface area (Å²) in [5.41, 5.74) is 0.976. The zero-order valence-electron chi connectivity index (χ0n) is 8.46. The predicted molar refractivity (Wildman–Crippen MR) is 69.0 cm³/mol. The molecule has 15 heavy (non-hydrogen) atoms. The van der Waals surface area contributed by atoms with Crippen molar-refractivity contribution in [2.45, 2.75) is 19.8 Å². The maximum Gasteiger partial charge on any atom is 0.132 e. The Morgan fingerprint density at radius 2 is 1.87 bits per heavy atom. The summed E-state index contributed by atoms with van der Waals surface area (Å²) in [5.74, 6) is 1.21. The van der Waals surface area contributed by atoms with Crippen LogP contribution >= 0.6 is 31.9 Å². The lowest BCUT2D eigenvalue weighted by Crippen LogP contribution is -1.98. The molecule has 1 aromatic heterocycles. The Hall–Kier alpha value is -0.480. The van der Waals surface area contributed by atoms with Gasteiger partial charge in [-0.15, -0.1) is 0 Å². The van der Waals surface area contributed by atoms with Gasteiger partial charge >= 0.3 is 0 Å². The number of rotatable bonds is 1. The maximum absolute atomic E-state index is 4.51. The first-order chi connectivity index (χ1) is 7.08. The molecule has 0 atom stereocenters. The third kappa shape index (κ3) is 2.21. The van der Waals surface area contributed by atoms with Crippen molar-refractivity contribution in [1.82, 2.24) is 9.97 Å². The highest BCUT2D eigenvalue weighted by molar-refractivity contribution is 9.11. The molecule has 1 aromatic carbocycles. The number of aromatic nitrogens is 2. The fraction of sp³-hybridized carbons (Fsp3) is 0.273. The van der Waals surface area contributed by atoms with Gasteiger partial charge in [0, 0.05) is 15.8 Å². The molecule has 0 unspecified atom stereocenters. The summed E-state index contributed by atoms with van der Waals surface area (Å²) in [6.07, 6.45) is 0. The molecule has 2 aromatic rings. The molecular weight excluding hydrogens is 320 g/mol. The van der Waals surface area contributed by atoms with Gasteiger partial charge in [-0.3, -0.25) is 0 Å². The van der Waals surface area contributed by atoms with Gasteiger partial charge in [-0.25, -0.2) is 9.97 Å². The molecule has 1 heterocycles. The quantitative estimate of drug-likeness (QED) is 0.730. The Labute approximate surface area is 105 Å². The van der Waals surface area contributed by atoms with E-state index in [-0.39, 0.29) is 0 Å². The van der Waals surface area contributed by atoms with Gasteiger partial charge in [0.2, 0.25) is 0 Å². The van der Waals surface area contributed by atoms with Crippen LogP contribution in [-0.4, -0.2) is 9.97 Å². The number of hydrogen-bond acceptors (Lipinski definition) is 2. The number of hydrogen-bond donors (Lipinski definition) is 0. The smallest absolute Gasteiger partial charge is 0.132 e. The maximum atomic E-state index is 4.51. The Kier molecular flexibility index (Phi) is 3.07. The minimum Gasteiger partial charge on any atom is -0.233 e. The Balaban J connectivity index is 2.73. The van der Waals surface area contributed by atoms with Crippen LogP contribution in [0.4, 0.5) is 0 Å². The number of nitrogens with zero attached hydrogens (tertiary/aromatic N) is 2. The standard InChI is InChI=1S/C11H10Br2N2/c1-6(2)11-14-9-4-3-7(12)5-8(9)10(13)15-11/h3-6H,1-2H3. The molecular formula is C11H10Br2N2. The second-order valence-electron chi connectivity index (χ2n) is 3.69. The summed E-state index contributed by atoms with van der Waals surface area (Å²) in [6, 6.07) is 6.01. The molecule has 0 bridgehead atoms. The molecule has 0 amide bonds. The lowest BCUT2D eigenvalue weighted by atomic mass is 10.2. The lowest BCUT2D eigenvalue weighted by molar-refractivity contribution is 0.779. The van der Waals surface area contributed by atoms with Crippen molar-refractivity contribution in [3.63, 3.8) is 0 Å². The first-order valence-electron chi connectivity index (χ1n) is 4.70. The van der Waals surface area contributed by atoms with Crippen LogP contribution in [0.2, 0.25) is 0 Å². The lowest BCUT2D eigenvalue weighted by Gasteiger charge is -2.07. The van der Waals surface area contributed by atoms with Crippen LogP contribution in [0.5, 0.6) is 0 Å². The summed E-state index contributed by atoms with van der Waals surface area (Å²) in [5, 5.41) is 1.04. The Morgan fingerprint density at radius 3 is 2.53 bits per heavy atom. The highest BCUT2D eigenvalue weighted by Crippen LogP contribution is 2.26. The largest absolute Gasteiger partial charge is 0.233 e. The molecule has 0 aliphatic heterocycles. The van der Waals surface area contributed by atoms with Crippen LogP contribution in [0.3, 0.4) is 0 Å². The zero-order valence-corrected chi connectivity index (χ0v) is 11.6. The van der Waals surface area contributed by atoms with E-state index in [2.05, 4.69) is 55.7 Å². The van der Waals surface area contributed by atoms with Crippen LogP contribution in [0.15, 0.2) is 27.3 Å². The summed E-state index contributed by atoms with van der Waals surface area (Å²) < 4.78 is 1.90. The van der Waals surface area contributed by atoms with Gasteiger partial charge in [0.1, 0.15) is 10.4 Å². The molecule has 0 spiro atoms. The molecule has 0 aliphatic rings. The molecule has 0 radical (unpaired) electrons. The van der Waals surface area contributed by atoms with Gasteiger partial charge in [0.25, 0.3) is 0 Å². The Bertz CT molecular complexity index is 509. The van der Waals surface area contributed by atoms with Gasteiger partial charge in [-0.2, -0.15) is 0 Å². The molecule has 2 nitrogen and oxygen atoms in total. The second kappa shape index (κ2) is 4.18. The van der Waals surface area contributed by atoms with E-state index < -0.39 is 0 Å². The molecule has 0 saturated heterocycles. The molecule has 2 rings (SSSR count). The van der Waals surface area contributed by atoms with Gasteiger partial charge in [0.15, 0.2) is 0 Å². The number of benzene rings is 1. The average Bonchev–Trinajstić information content (AvgIpc) is 2.18. The van der Waals surface area contributed by atoms with E-state index >= 15 is 0 Å². The highest BCUT2D eigenvalue weighted by atomic mass is 79.9. The van der Waals surface area contributed by atoms with E-state index in [0.29, 0.717) is 5.92 Å². The Morgan fingerprint density at radius 1 is 1.13 bits per heavy atom. The highest BCUT2D eigenvalue weighted by Gasteiger charge is 2.08. The normalized spacial score (nSPS) is 11.3. The van der Waals surface area contributed by atoms with Gasteiger partial charge in [-0.1, -0.05) is 29.8 Å². The minimum absolute atomic E-state index is 0.342. The van der Waals surface area contributed by atoms with Gasteiger partial charge in [0.05, 0.1) is 5.52 Å². The van der Waals surface area contributed by atoms with Crippen LogP contribution in [0, 0.1) is 0 Å². The summed E-state index contributed by atoms with van der Waals surface area (Å²) >= 11 is 6.92. The van der Waals surface area contributed by atoms with Crippen molar-refractivity contribution < 1.29 is 0 Å². The summed E-state index contributed by atoms with van der Waals surface area (Å²) in [6.45, 7) is 4.18. The van der Waals surface area contributed by atoms with Crippen molar-refractivity contribution in [2.75, 3.05) is 0 Å². The number of halogens is 2. The van der Waals surface area contributed by atoms with E-state index in [1.165, 1.54) is 0 Å². The topological polar surface area (TPSA) is 25.8 Å². The first kappa shape index (κ1) is 11.0. The summed E-state index contributed by atoms with van der Waals surface area (Å²) in [7, 11) is 0. The number of fused-ring (bicyclic) bond motifs is 1. The van der Waals surface area contributed by atoms with Crippen molar-refractivity contribution >= 4 is 42.8 Å². The monoisotopic (exact) mass is 328 g/mol. The first-order valence-corrected chi connectivity index (χ1v) is 6.29. The molecule has 4 heteroatoms. The fourth-order valence-electron chi connectivity index (χ4n) is 1.34. The summed E-state index contributed by atoms with van der Waals surface area (Å²) in [4.78, 5) is 8.94. The van der Waals surface area contributed by atoms with E-state index in [1.54, 1.807) is 0 Å². The van der Waals surface area contributed by atoms with Crippen molar-refractivity contribution in [2.24, 2.45) is 0 Å². The molecule has 0 aliphatic carbocycles. The molecule has 0 fully saturated rings. The minimum atomic E-state index is 0.342. The third-order valence-electron chi connectivity index (χ3n) is 2.14.